The molecule has 1 amide bonds. The van der Waals surface area contributed by atoms with Crippen LogP contribution < -0.4 is 10.2 Å². The summed E-state index contributed by atoms with van der Waals surface area (Å²) in [5.41, 5.74) is 4.06. The molecule has 4 heteroatoms. The van der Waals surface area contributed by atoms with Crippen LogP contribution in [0.1, 0.15) is 15.9 Å². The van der Waals surface area contributed by atoms with Gasteiger partial charge in [0.2, 0.25) is 0 Å². The van der Waals surface area contributed by atoms with Crippen LogP contribution >= 0.6 is 0 Å². The number of amides is 1. The topological polar surface area (TPSA) is 50.7 Å². The number of benzene rings is 2. The number of carbonyl (C=O) groups is 1. The standard InChI is InChI=1S/C17H16N2O2/c1-21-16-11-9-15(10-12-16)17(20)19-18-13-5-8-14-6-3-2-4-7-14/h2-13H,1H3,(H,19,20). The van der Waals surface area contributed by atoms with Crippen molar-refractivity contribution in [2.45, 2.75) is 0 Å². The highest BCUT2D eigenvalue weighted by Crippen LogP contribution is 2.10. The Bertz CT molecular complexity index is 632. The number of methoxy groups -OCH3 is 1. The van der Waals surface area contributed by atoms with Crippen LogP contribution in [0.25, 0.3) is 6.08 Å². The van der Waals surface area contributed by atoms with Crippen molar-refractivity contribution in [2.75, 3.05) is 7.11 Å². The number of ether oxygens (including phenoxy) is 1. The molecule has 4 nitrogen and oxygen atoms in total. The number of carbonyl (C=O) groups excluding carboxylic acids is 1. The Morgan fingerprint density at radius 2 is 1.81 bits per heavy atom. The Kier molecular flexibility index (Phi) is 5.29. The van der Waals surface area contributed by atoms with E-state index in [2.05, 4.69) is 10.5 Å². The average molecular weight is 280 g/mol. The zero-order valence-electron chi connectivity index (χ0n) is 11.7. The molecule has 0 radical (unpaired) electrons. The van der Waals surface area contributed by atoms with Crippen molar-refractivity contribution in [2.24, 2.45) is 5.10 Å². The van der Waals surface area contributed by atoms with E-state index in [1.54, 1.807) is 37.5 Å². The van der Waals surface area contributed by atoms with Gasteiger partial charge in [-0.05, 0) is 35.9 Å². The fourth-order valence-corrected chi connectivity index (χ4v) is 1.66. The maximum atomic E-state index is 11.8. The minimum absolute atomic E-state index is 0.262. The quantitative estimate of drug-likeness (QED) is 0.675. The highest BCUT2D eigenvalue weighted by atomic mass is 16.5. The van der Waals surface area contributed by atoms with Crippen molar-refractivity contribution in [3.63, 3.8) is 0 Å². The molecule has 0 aliphatic carbocycles. The number of allylic oxidation sites excluding steroid dienone is 1. The van der Waals surface area contributed by atoms with Gasteiger partial charge >= 0.3 is 0 Å². The fourth-order valence-electron chi connectivity index (χ4n) is 1.66. The van der Waals surface area contributed by atoms with Crippen LogP contribution in [0.4, 0.5) is 0 Å². The van der Waals surface area contributed by atoms with E-state index in [4.69, 9.17) is 4.74 Å². The molecule has 21 heavy (non-hydrogen) atoms. The third-order valence-electron chi connectivity index (χ3n) is 2.77. The molecule has 0 bridgehead atoms. The molecule has 0 spiro atoms. The molecule has 0 heterocycles. The van der Waals surface area contributed by atoms with E-state index in [1.165, 1.54) is 6.21 Å². The predicted octanol–water partition coefficient (Wildman–Crippen LogP) is 3.12. The van der Waals surface area contributed by atoms with Gasteiger partial charge in [0.25, 0.3) is 5.91 Å². The Hall–Kier alpha value is -2.88. The second-order valence-electron chi connectivity index (χ2n) is 4.22. The van der Waals surface area contributed by atoms with Crippen molar-refractivity contribution >= 4 is 18.2 Å². The van der Waals surface area contributed by atoms with E-state index < -0.39 is 0 Å². The monoisotopic (exact) mass is 280 g/mol. The van der Waals surface area contributed by atoms with E-state index in [0.29, 0.717) is 11.3 Å². The summed E-state index contributed by atoms with van der Waals surface area (Å²) in [5.74, 6) is 0.447. The van der Waals surface area contributed by atoms with Crippen molar-refractivity contribution in [3.8, 4) is 5.75 Å². The van der Waals surface area contributed by atoms with E-state index in [0.717, 1.165) is 5.56 Å². The highest BCUT2D eigenvalue weighted by molar-refractivity contribution is 5.94. The third kappa shape index (κ3) is 4.62. The summed E-state index contributed by atoms with van der Waals surface area (Å²) in [7, 11) is 1.58. The van der Waals surface area contributed by atoms with Gasteiger partial charge in [-0.2, -0.15) is 5.10 Å². The number of hydrazone groups is 1. The first-order valence-electron chi connectivity index (χ1n) is 6.49. The van der Waals surface area contributed by atoms with Gasteiger partial charge in [0.05, 0.1) is 7.11 Å². The van der Waals surface area contributed by atoms with Gasteiger partial charge in [-0.25, -0.2) is 5.43 Å². The van der Waals surface area contributed by atoms with Crippen molar-refractivity contribution < 1.29 is 9.53 Å². The van der Waals surface area contributed by atoms with Crippen molar-refractivity contribution in [3.05, 3.63) is 71.8 Å². The second-order valence-corrected chi connectivity index (χ2v) is 4.22. The molecule has 0 aliphatic rings. The number of nitrogens with one attached hydrogen (secondary N) is 1. The van der Waals surface area contributed by atoms with Crippen LogP contribution in [0.2, 0.25) is 0 Å². The molecule has 2 aromatic rings. The maximum Gasteiger partial charge on any atom is 0.271 e. The van der Waals surface area contributed by atoms with Crippen LogP contribution in [0.15, 0.2) is 65.8 Å². The molecule has 0 aromatic heterocycles. The zero-order valence-corrected chi connectivity index (χ0v) is 11.7. The summed E-state index contributed by atoms with van der Waals surface area (Å²) in [6.45, 7) is 0. The van der Waals surface area contributed by atoms with E-state index >= 15 is 0 Å². The molecule has 0 fully saturated rings. The zero-order chi connectivity index (χ0) is 14.9. The molecule has 0 saturated carbocycles. The van der Waals surface area contributed by atoms with Gasteiger partial charge < -0.3 is 4.74 Å². The minimum Gasteiger partial charge on any atom is -0.497 e. The molecule has 0 unspecified atom stereocenters. The van der Waals surface area contributed by atoms with Crippen LogP contribution in [0.5, 0.6) is 5.75 Å². The van der Waals surface area contributed by atoms with Crippen molar-refractivity contribution in [1.29, 1.82) is 0 Å². The summed E-state index contributed by atoms with van der Waals surface area (Å²) >= 11 is 0. The third-order valence-corrected chi connectivity index (χ3v) is 2.77. The minimum atomic E-state index is -0.262. The predicted molar refractivity (Wildman–Crippen MR) is 84.4 cm³/mol. The lowest BCUT2D eigenvalue weighted by molar-refractivity contribution is 0.0955. The molecular weight excluding hydrogens is 264 g/mol. The van der Waals surface area contributed by atoms with Gasteiger partial charge in [0, 0.05) is 11.8 Å². The Labute approximate surface area is 123 Å². The first kappa shape index (κ1) is 14.5. The van der Waals surface area contributed by atoms with Gasteiger partial charge in [-0.15, -0.1) is 0 Å². The maximum absolute atomic E-state index is 11.8. The SMILES string of the molecule is COc1ccc(C(=O)NN=CC=Cc2ccccc2)cc1. The molecule has 2 rings (SSSR count). The normalized spacial score (nSPS) is 10.9. The Balaban J connectivity index is 1.85. The van der Waals surface area contributed by atoms with E-state index in [-0.39, 0.29) is 5.91 Å². The Morgan fingerprint density at radius 1 is 1.10 bits per heavy atom. The molecule has 0 saturated heterocycles. The summed E-state index contributed by atoms with van der Waals surface area (Å²) in [5, 5.41) is 3.86. The van der Waals surface area contributed by atoms with Crippen LogP contribution in [-0.2, 0) is 0 Å². The largest absolute Gasteiger partial charge is 0.497 e. The lowest BCUT2D eigenvalue weighted by Crippen LogP contribution is -2.17. The van der Waals surface area contributed by atoms with Gasteiger partial charge in [0.1, 0.15) is 5.75 Å². The van der Waals surface area contributed by atoms with E-state index in [9.17, 15) is 4.79 Å². The Morgan fingerprint density at radius 3 is 2.48 bits per heavy atom. The first-order chi connectivity index (χ1) is 10.3. The fraction of sp³-hybridized carbons (Fsp3) is 0.0588. The second kappa shape index (κ2) is 7.65. The van der Waals surface area contributed by atoms with Crippen molar-refractivity contribution in [1.82, 2.24) is 5.43 Å². The average Bonchev–Trinajstić information content (AvgIpc) is 2.55. The summed E-state index contributed by atoms with van der Waals surface area (Å²) in [6, 6.07) is 16.7. The first-order valence-corrected chi connectivity index (χ1v) is 6.49. The van der Waals surface area contributed by atoms with Gasteiger partial charge in [-0.3, -0.25) is 4.79 Å². The van der Waals surface area contributed by atoms with Crippen LogP contribution in [0.3, 0.4) is 0 Å². The van der Waals surface area contributed by atoms with Gasteiger partial charge in [-0.1, -0.05) is 36.4 Å². The van der Waals surface area contributed by atoms with Gasteiger partial charge in [0.15, 0.2) is 0 Å². The van der Waals surface area contributed by atoms with Crippen LogP contribution in [-0.4, -0.2) is 19.2 Å². The number of hydrogen-bond donors (Lipinski definition) is 1. The van der Waals surface area contributed by atoms with Crippen LogP contribution in [0, 0.1) is 0 Å². The number of nitrogens with zero attached hydrogens (tertiary/aromatic N) is 1. The number of hydrogen-bond acceptors (Lipinski definition) is 3. The summed E-state index contributed by atoms with van der Waals surface area (Å²) < 4.78 is 5.03. The molecule has 0 atom stereocenters. The summed E-state index contributed by atoms with van der Waals surface area (Å²) in [4.78, 5) is 11.8. The molecule has 2 aromatic carbocycles. The molecule has 1 N–H and O–H groups in total. The smallest absolute Gasteiger partial charge is 0.271 e. The van der Waals surface area contributed by atoms with E-state index in [1.807, 2.05) is 36.4 Å². The molecular formula is C17H16N2O2. The lowest BCUT2D eigenvalue weighted by atomic mass is 10.2. The molecule has 106 valence electrons. The summed E-state index contributed by atoms with van der Waals surface area (Å²) in [6.07, 6.45) is 5.21. The lowest BCUT2D eigenvalue weighted by Gasteiger charge is -2.01. The highest BCUT2D eigenvalue weighted by Gasteiger charge is 2.03. The molecule has 0 aliphatic heterocycles. The number of rotatable bonds is 5.